The van der Waals surface area contributed by atoms with Gasteiger partial charge in [-0.2, -0.15) is 0 Å². The highest BCUT2D eigenvalue weighted by Crippen LogP contribution is 2.25. The molecule has 18 heavy (non-hydrogen) atoms. The van der Waals surface area contributed by atoms with Gasteiger partial charge in [-0.15, -0.1) is 0 Å². The van der Waals surface area contributed by atoms with Crippen molar-refractivity contribution in [3.05, 3.63) is 34.9 Å². The van der Waals surface area contributed by atoms with Crippen molar-refractivity contribution in [2.24, 2.45) is 5.73 Å². The molecule has 0 aromatic heterocycles. The van der Waals surface area contributed by atoms with Crippen LogP contribution in [0.2, 0.25) is 5.02 Å². The summed E-state index contributed by atoms with van der Waals surface area (Å²) in [5.74, 6) is 0. The van der Waals surface area contributed by atoms with Crippen molar-refractivity contribution < 1.29 is 0 Å². The Morgan fingerprint density at radius 3 is 2.67 bits per heavy atom. The molecule has 0 heterocycles. The molecule has 3 heteroatoms. The number of benzene rings is 1. The number of hydrogen-bond donors (Lipinski definition) is 1. The first kappa shape index (κ1) is 13.9. The van der Waals surface area contributed by atoms with Crippen LogP contribution in [0.15, 0.2) is 24.3 Å². The molecule has 1 aromatic rings. The third-order valence-corrected chi connectivity index (χ3v) is 4.39. The molecule has 1 atom stereocenters. The molecule has 0 aliphatic heterocycles. The van der Waals surface area contributed by atoms with Gasteiger partial charge >= 0.3 is 0 Å². The zero-order valence-electron chi connectivity index (χ0n) is 11.1. The smallest absolute Gasteiger partial charge is 0.0453 e. The molecule has 0 amide bonds. The summed E-state index contributed by atoms with van der Waals surface area (Å²) in [4.78, 5) is 2.46. The molecule has 2 N–H and O–H groups in total. The standard InChI is InChI=1S/C15H23ClN2/c1-18(12-6-2-3-7-12)11-10-15(17)13-8-4-5-9-14(13)16/h4-5,8-9,12,15H,2-3,6-7,10-11,17H2,1H3. The van der Waals surface area contributed by atoms with E-state index in [1.165, 1.54) is 25.7 Å². The predicted molar refractivity (Wildman–Crippen MR) is 77.9 cm³/mol. The van der Waals surface area contributed by atoms with E-state index in [0.717, 1.165) is 29.6 Å². The first-order valence-corrected chi connectivity index (χ1v) is 7.26. The van der Waals surface area contributed by atoms with Crippen molar-refractivity contribution in [1.82, 2.24) is 4.90 Å². The SMILES string of the molecule is CN(CCC(N)c1ccccc1Cl)C1CCCC1. The summed E-state index contributed by atoms with van der Waals surface area (Å²) in [5.41, 5.74) is 7.30. The summed E-state index contributed by atoms with van der Waals surface area (Å²) >= 11 is 6.17. The number of nitrogens with zero attached hydrogens (tertiary/aromatic N) is 1. The molecule has 100 valence electrons. The van der Waals surface area contributed by atoms with Crippen molar-refractivity contribution >= 4 is 11.6 Å². The van der Waals surface area contributed by atoms with Gasteiger partial charge in [-0.05, 0) is 44.5 Å². The molecular weight excluding hydrogens is 244 g/mol. The van der Waals surface area contributed by atoms with Gasteiger partial charge in [0.15, 0.2) is 0 Å². The highest BCUT2D eigenvalue weighted by Gasteiger charge is 2.20. The van der Waals surface area contributed by atoms with Crippen LogP contribution in [0.1, 0.15) is 43.7 Å². The van der Waals surface area contributed by atoms with E-state index in [0.29, 0.717) is 0 Å². The van der Waals surface area contributed by atoms with Crippen molar-refractivity contribution in [2.75, 3.05) is 13.6 Å². The van der Waals surface area contributed by atoms with Crippen LogP contribution in [0.3, 0.4) is 0 Å². The lowest BCUT2D eigenvalue weighted by Crippen LogP contribution is -2.31. The molecule has 0 bridgehead atoms. The Labute approximate surface area is 115 Å². The second-order valence-corrected chi connectivity index (χ2v) is 5.74. The van der Waals surface area contributed by atoms with E-state index in [4.69, 9.17) is 17.3 Å². The maximum atomic E-state index is 6.23. The van der Waals surface area contributed by atoms with Crippen molar-refractivity contribution in [3.8, 4) is 0 Å². The molecule has 1 aliphatic rings. The van der Waals surface area contributed by atoms with Gasteiger partial charge < -0.3 is 10.6 Å². The predicted octanol–water partition coefficient (Wildman–Crippen LogP) is 3.60. The quantitative estimate of drug-likeness (QED) is 0.882. The summed E-state index contributed by atoms with van der Waals surface area (Å²) < 4.78 is 0. The normalized spacial score (nSPS) is 18.4. The molecule has 1 aromatic carbocycles. The Balaban J connectivity index is 1.84. The molecule has 2 nitrogen and oxygen atoms in total. The van der Waals surface area contributed by atoms with Gasteiger partial charge in [-0.1, -0.05) is 42.6 Å². The fourth-order valence-electron chi connectivity index (χ4n) is 2.80. The lowest BCUT2D eigenvalue weighted by molar-refractivity contribution is 0.237. The largest absolute Gasteiger partial charge is 0.324 e. The summed E-state index contributed by atoms with van der Waals surface area (Å²) in [6.07, 6.45) is 6.42. The number of hydrogen-bond acceptors (Lipinski definition) is 2. The van der Waals surface area contributed by atoms with Crippen LogP contribution >= 0.6 is 11.6 Å². The summed E-state index contributed by atoms with van der Waals surface area (Å²) in [7, 11) is 2.22. The van der Waals surface area contributed by atoms with Crippen LogP contribution in [-0.2, 0) is 0 Å². The van der Waals surface area contributed by atoms with Gasteiger partial charge in [0.05, 0.1) is 0 Å². The lowest BCUT2D eigenvalue weighted by Gasteiger charge is -2.25. The van der Waals surface area contributed by atoms with E-state index in [2.05, 4.69) is 11.9 Å². The van der Waals surface area contributed by atoms with Gasteiger partial charge in [0.25, 0.3) is 0 Å². The Morgan fingerprint density at radius 2 is 2.00 bits per heavy atom. The van der Waals surface area contributed by atoms with Crippen LogP contribution in [0.25, 0.3) is 0 Å². The van der Waals surface area contributed by atoms with Crippen molar-refractivity contribution in [3.63, 3.8) is 0 Å². The van der Waals surface area contributed by atoms with E-state index in [-0.39, 0.29) is 6.04 Å². The Hall–Kier alpha value is -0.570. The van der Waals surface area contributed by atoms with Crippen molar-refractivity contribution in [1.29, 1.82) is 0 Å². The molecule has 0 radical (unpaired) electrons. The van der Waals surface area contributed by atoms with Crippen LogP contribution < -0.4 is 5.73 Å². The third kappa shape index (κ3) is 3.47. The van der Waals surface area contributed by atoms with E-state index in [1.807, 2.05) is 24.3 Å². The summed E-state index contributed by atoms with van der Waals surface area (Å²) in [5, 5.41) is 0.786. The minimum atomic E-state index is 0.0440. The number of halogens is 1. The zero-order valence-corrected chi connectivity index (χ0v) is 11.9. The molecule has 2 rings (SSSR count). The maximum absolute atomic E-state index is 6.23. The first-order valence-electron chi connectivity index (χ1n) is 6.88. The minimum absolute atomic E-state index is 0.0440. The van der Waals surface area contributed by atoms with Gasteiger partial charge in [0.1, 0.15) is 0 Å². The van der Waals surface area contributed by atoms with Crippen LogP contribution in [0.4, 0.5) is 0 Å². The molecular formula is C15H23ClN2. The Morgan fingerprint density at radius 1 is 1.33 bits per heavy atom. The van der Waals surface area contributed by atoms with E-state index < -0.39 is 0 Å². The first-order chi connectivity index (χ1) is 8.68. The topological polar surface area (TPSA) is 29.3 Å². The highest BCUT2D eigenvalue weighted by molar-refractivity contribution is 6.31. The fraction of sp³-hybridized carbons (Fsp3) is 0.600. The van der Waals surface area contributed by atoms with E-state index in [9.17, 15) is 0 Å². The zero-order chi connectivity index (χ0) is 13.0. The summed E-state index contributed by atoms with van der Waals surface area (Å²) in [6.45, 7) is 1.05. The maximum Gasteiger partial charge on any atom is 0.0453 e. The average molecular weight is 267 g/mol. The van der Waals surface area contributed by atoms with Crippen LogP contribution in [0.5, 0.6) is 0 Å². The molecule has 0 saturated heterocycles. The van der Waals surface area contributed by atoms with Crippen LogP contribution in [-0.4, -0.2) is 24.5 Å². The van der Waals surface area contributed by atoms with E-state index >= 15 is 0 Å². The average Bonchev–Trinajstić information content (AvgIpc) is 2.90. The van der Waals surface area contributed by atoms with Gasteiger partial charge in [-0.25, -0.2) is 0 Å². The second-order valence-electron chi connectivity index (χ2n) is 5.34. The minimum Gasteiger partial charge on any atom is -0.324 e. The number of nitrogens with two attached hydrogens (primary N) is 1. The summed E-state index contributed by atoms with van der Waals surface area (Å²) in [6, 6.07) is 8.70. The van der Waals surface area contributed by atoms with Gasteiger partial charge in [-0.3, -0.25) is 0 Å². The van der Waals surface area contributed by atoms with E-state index in [1.54, 1.807) is 0 Å². The van der Waals surface area contributed by atoms with Crippen molar-refractivity contribution in [2.45, 2.75) is 44.2 Å². The second kappa shape index (κ2) is 6.55. The Kier molecular flexibility index (Phi) is 5.04. The van der Waals surface area contributed by atoms with Gasteiger partial charge in [0.2, 0.25) is 0 Å². The highest BCUT2D eigenvalue weighted by atomic mass is 35.5. The van der Waals surface area contributed by atoms with Gasteiger partial charge in [0, 0.05) is 17.1 Å². The molecule has 1 fully saturated rings. The molecule has 1 aliphatic carbocycles. The molecule has 1 unspecified atom stereocenters. The third-order valence-electron chi connectivity index (χ3n) is 4.05. The molecule has 0 spiro atoms. The Bertz CT molecular complexity index is 375. The lowest BCUT2D eigenvalue weighted by atomic mass is 10.0. The number of rotatable bonds is 5. The fourth-order valence-corrected chi connectivity index (χ4v) is 3.08. The monoisotopic (exact) mass is 266 g/mol. The molecule has 1 saturated carbocycles. The van der Waals surface area contributed by atoms with Crippen LogP contribution in [0, 0.1) is 0 Å².